The maximum Gasteiger partial charge on any atom is 0.241 e. The summed E-state index contributed by atoms with van der Waals surface area (Å²) < 4.78 is 5.43. The molecule has 0 unspecified atom stereocenters. The summed E-state index contributed by atoms with van der Waals surface area (Å²) in [5.74, 6) is 1.75. The number of hydrogen-bond donors (Lipinski definition) is 0. The molecule has 1 fully saturated rings. The van der Waals surface area contributed by atoms with Gasteiger partial charge in [-0.1, -0.05) is 47.1 Å². The summed E-state index contributed by atoms with van der Waals surface area (Å²) in [5.41, 5.74) is 2.17. The molecule has 0 N–H and O–H groups in total. The summed E-state index contributed by atoms with van der Waals surface area (Å²) in [6, 6.07) is 8.11. The monoisotopic (exact) mass is 366 g/mol. The minimum atomic E-state index is 0.176. The minimum absolute atomic E-state index is 0.176. The van der Waals surface area contributed by atoms with E-state index in [2.05, 4.69) is 34.1 Å². The number of carbonyl (C=O) groups is 1. The molecular formula is C21H26N4O2. The predicted molar refractivity (Wildman–Crippen MR) is 103 cm³/mol. The number of nitrogens with zero attached hydrogens (tertiary/aromatic N) is 4. The van der Waals surface area contributed by atoms with Crippen LogP contribution in [-0.2, 0) is 11.3 Å². The molecule has 2 aliphatic rings. The lowest BCUT2D eigenvalue weighted by Crippen LogP contribution is -2.50. The van der Waals surface area contributed by atoms with Gasteiger partial charge in [-0.05, 0) is 26.2 Å². The Hall–Kier alpha value is -2.47. The molecule has 1 atom stereocenters. The Balaban J connectivity index is 1.30. The van der Waals surface area contributed by atoms with E-state index in [1.54, 1.807) is 0 Å². The van der Waals surface area contributed by atoms with Gasteiger partial charge in [0.15, 0.2) is 0 Å². The molecule has 0 bridgehead atoms. The number of aromatic nitrogens is 2. The lowest BCUT2D eigenvalue weighted by molar-refractivity contribution is -0.137. The van der Waals surface area contributed by atoms with E-state index in [9.17, 15) is 4.79 Å². The van der Waals surface area contributed by atoms with Crippen molar-refractivity contribution < 1.29 is 9.32 Å². The molecular weight excluding hydrogens is 340 g/mol. The maximum absolute atomic E-state index is 12.6. The molecule has 4 rings (SSSR count). The molecule has 0 saturated carbocycles. The Morgan fingerprint density at radius 2 is 1.93 bits per heavy atom. The van der Waals surface area contributed by atoms with Gasteiger partial charge in [0.1, 0.15) is 0 Å². The smallest absolute Gasteiger partial charge is 0.241 e. The fourth-order valence-electron chi connectivity index (χ4n) is 3.73. The van der Waals surface area contributed by atoms with Gasteiger partial charge in [-0.2, -0.15) is 4.98 Å². The van der Waals surface area contributed by atoms with Gasteiger partial charge in [0.25, 0.3) is 0 Å². The van der Waals surface area contributed by atoms with Crippen molar-refractivity contribution in [3.63, 3.8) is 0 Å². The van der Waals surface area contributed by atoms with Gasteiger partial charge in [-0.3, -0.25) is 9.69 Å². The molecule has 27 heavy (non-hydrogen) atoms. The van der Waals surface area contributed by atoms with Crippen LogP contribution in [0.1, 0.15) is 30.7 Å². The van der Waals surface area contributed by atoms with Gasteiger partial charge in [0.2, 0.25) is 17.6 Å². The molecule has 0 radical (unpaired) electrons. The highest BCUT2D eigenvalue weighted by Crippen LogP contribution is 2.22. The lowest BCUT2D eigenvalue weighted by Gasteiger charge is -2.36. The van der Waals surface area contributed by atoms with Crippen LogP contribution in [0.15, 0.2) is 40.9 Å². The van der Waals surface area contributed by atoms with Crippen molar-refractivity contribution in [1.82, 2.24) is 19.9 Å². The number of benzene rings is 1. The number of allylic oxidation sites excluding steroid dienone is 2. The molecule has 142 valence electrons. The third-order valence-corrected chi connectivity index (χ3v) is 5.44. The quantitative estimate of drug-likeness (QED) is 0.779. The van der Waals surface area contributed by atoms with Crippen molar-refractivity contribution in [3.05, 3.63) is 47.9 Å². The van der Waals surface area contributed by atoms with Crippen LogP contribution in [0.25, 0.3) is 11.4 Å². The zero-order chi connectivity index (χ0) is 18.6. The van der Waals surface area contributed by atoms with Crippen molar-refractivity contribution >= 4 is 5.91 Å². The SMILES string of the molecule is Cc1ccc(-c2noc(CN3CCN(C(=O)[C@@H]4CC=CCC4)CC3)n2)cc1. The zero-order valence-electron chi connectivity index (χ0n) is 15.8. The first kappa shape index (κ1) is 17.9. The summed E-state index contributed by atoms with van der Waals surface area (Å²) in [5, 5.41) is 4.10. The van der Waals surface area contributed by atoms with Crippen LogP contribution in [0.4, 0.5) is 0 Å². The molecule has 1 aliphatic heterocycles. The van der Waals surface area contributed by atoms with E-state index in [4.69, 9.17) is 4.52 Å². The molecule has 1 aliphatic carbocycles. The molecule has 1 saturated heterocycles. The Labute approximate surface area is 159 Å². The van der Waals surface area contributed by atoms with Gasteiger partial charge in [0.05, 0.1) is 6.54 Å². The second-order valence-electron chi connectivity index (χ2n) is 7.46. The molecule has 2 heterocycles. The Bertz CT molecular complexity index is 804. The summed E-state index contributed by atoms with van der Waals surface area (Å²) in [4.78, 5) is 21.5. The lowest BCUT2D eigenvalue weighted by atomic mass is 9.93. The van der Waals surface area contributed by atoms with Crippen molar-refractivity contribution in [2.75, 3.05) is 26.2 Å². The predicted octanol–water partition coefficient (Wildman–Crippen LogP) is 3.05. The van der Waals surface area contributed by atoms with E-state index in [-0.39, 0.29) is 5.92 Å². The van der Waals surface area contributed by atoms with Gasteiger partial charge in [0, 0.05) is 37.7 Å². The van der Waals surface area contributed by atoms with Crippen LogP contribution in [0.2, 0.25) is 0 Å². The van der Waals surface area contributed by atoms with Crippen molar-refractivity contribution in [2.24, 2.45) is 5.92 Å². The van der Waals surface area contributed by atoms with E-state index in [0.717, 1.165) is 51.0 Å². The molecule has 6 heteroatoms. The average molecular weight is 366 g/mol. The minimum Gasteiger partial charge on any atom is -0.340 e. The van der Waals surface area contributed by atoms with Gasteiger partial charge < -0.3 is 9.42 Å². The second kappa shape index (κ2) is 8.05. The number of amides is 1. The third-order valence-electron chi connectivity index (χ3n) is 5.44. The van der Waals surface area contributed by atoms with Gasteiger partial charge in [-0.15, -0.1) is 0 Å². The average Bonchev–Trinajstić information content (AvgIpc) is 3.18. The Morgan fingerprint density at radius 3 is 2.63 bits per heavy atom. The highest BCUT2D eigenvalue weighted by atomic mass is 16.5. The topological polar surface area (TPSA) is 62.5 Å². The van der Waals surface area contributed by atoms with E-state index in [1.807, 2.05) is 29.2 Å². The molecule has 6 nitrogen and oxygen atoms in total. The first-order chi connectivity index (χ1) is 13.2. The van der Waals surface area contributed by atoms with Crippen LogP contribution in [-0.4, -0.2) is 52.0 Å². The molecule has 1 aromatic carbocycles. The normalized spacial score (nSPS) is 20.8. The molecule has 2 aromatic rings. The standard InChI is InChI=1S/C21H26N4O2/c1-16-7-9-17(10-8-16)20-22-19(27-23-20)15-24-11-13-25(14-12-24)21(26)18-5-3-2-4-6-18/h2-3,7-10,18H,4-6,11-15H2,1H3/t18-/m1/s1. The Morgan fingerprint density at radius 1 is 1.15 bits per heavy atom. The fraction of sp³-hybridized carbons (Fsp3) is 0.476. The molecule has 1 amide bonds. The van der Waals surface area contributed by atoms with E-state index in [1.165, 1.54) is 5.56 Å². The van der Waals surface area contributed by atoms with Crippen LogP contribution in [0.3, 0.4) is 0 Å². The number of aryl methyl sites for hydroxylation is 1. The first-order valence-corrected chi connectivity index (χ1v) is 9.75. The second-order valence-corrected chi connectivity index (χ2v) is 7.46. The third kappa shape index (κ3) is 4.27. The number of rotatable bonds is 4. The van der Waals surface area contributed by atoms with Crippen LogP contribution in [0, 0.1) is 12.8 Å². The number of hydrogen-bond acceptors (Lipinski definition) is 5. The van der Waals surface area contributed by atoms with Crippen molar-refractivity contribution in [3.8, 4) is 11.4 Å². The fourth-order valence-corrected chi connectivity index (χ4v) is 3.73. The van der Waals surface area contributed by atoms with Crippen molar-refractivity contribution in [1.29, 1.82) is 0 Å². The Kier molecular flexibility index (Phi) is 5.34. The molecule has 1 aromatic heterocycles. The summed E-state index contributed by atoms with van der Waals surface area (Å²) in [6.45, 7) is 5.93. The van der Waals surface area contributed by atoms with Gasteiger partial charge >= 0.3 is 0 Å². The maximum atomic E-state index is 12.6. The number of piperazine rings is 1. The zero-order valence-corrected chi connectivity index (χ0v) is 15.8. The largest absolute Gasteiger partial charge is 0.340 e. The van der Waals surface area contributed by atoms with E-state index in [0.29, 0.717) is 24.2 Å². The van der Waals surface area contributed by atoms with E-state index >= 15 is 0 Å². The first-order valence-electron chi connectivity index (χ1n) is 9.75. The van der Waals surface area contributed by atoms with Crippen molar-refractivity contribution in [2.45, 2.75) is 32.7 Å². The number of carbonyl (C=O) groups excluding carboxylic acids is 1. The van der Waals surface area contributed by atoms with Crippen LogP contribution >= 0.6 is 0 Å². The highest BCUT2D eigenvalue weighted by molar-refractivity contribution is 5.79. The van der Waals surface area contributed by atoms with Gasteiger partial charge in [-0.25, -0.2) is 0 Å². The van der Waals surface area contributed by atoms with E-state index < -0.39 is 0 Å². The molecule has 0 spiro atoms. The summed E-state index contributed by atoms with van der Waals surface area (Å²) in [6.07, 6.45) is 7.22. The van der Waals surface area contributed by atoms with Crippen LogP contribution in [0.5, 0.6) is 0 Å². The summed E-state index contributed by atoms with van der Waals surface area (Å²) >= 11 is 0. The van der Waals surface area contributed by atoms with Crippen LogP contribution < -0.4 is 0 Å². The highest BCUT2D eigenvalue weighted by Gasteiger charge is 2.27. The summed E-state index contributed by atoms with van der Waals surface area (Å²) in [7, 11) is 0.